The zero-order chi connectivity index (χ0) is 58.1. The van der Waals surface area contributed by atoms with Crippen molar-refractivity contribution in [3.05, 3.63) is 340 Å². The monoisotopic (exact) mass is 1150 g/mol. The number of hydrogen-bond acceptors (Lipinski definition) is 1. The van der Waals surface area contributed by atoms with Crippen LogP contribution in [-0.2, 0) is 0 Å². The van der Waals surface area contributed by atoms with Gasteiger partial charge in [0.1, 0.15) is 0 Å². The summed E-state index contributed by atoms with van der Waals surface area (Å²) in [6.07, 6.45) is 0. The summed E-state index contributed by atoms with van der Waals surface area (Å²) < 4.78 is 7.59. The van der Waals surface area contributed by atoms with Gasteiger partial charge in [0.2, 0.25) is 0 Å². The fourth-order valence-corrected chi connectivity index (χ4v) is 20.7. The van der Waals surface area contributed by atoms with Crippen LogP contribution in [0.2, 0.25) is 0 Å². The van der Waals surface area contributed by atoms with E-state index in [1.165, 1.54) is 146 Å². The smallest absolute Gasteiger partial charge is 0.181 e. The molecule has 3 aromatic heterocycles. The number of para-hydroxylation sites is 3. The lowest BCUT2D eigenvalue weighted by Gasteiger charge is -2.35. The van der Waals surface area contributed by atoms with Crippen LogP contribution in [0.4, 0.5) is 0 Å². The van der Waals surface area contributed by atoms with Gasteiger partial charge in [0.05, 0.1) is 27.8 Å². The lowest BCUT2D eigenvalue weighted by molar-refractivity contribution is 1.17. The molecular weight excluding hydrogens is 1100 g/mol. The van der Waals surface area contributed by atoms with Crippen LogP contribution >= 0.6 is 11.3 Å². The Hall–Kier alpha value is -10.9. The van der Waals surface area contributed by atoms with E-state index in [1.807, 2.05) is 11.3 Å². The number of nitrogens with zero attached hydrogens (tertiary/aromatic N) is 2. The van der Waals surface area contributed by atoms with Gasteiger partial charge >= 0.3 is 0 Å². The van der Waals surface area contributed by atoms with Crippen molar-refractivity contribution >= 4 is 104 Å². The summed E-state index contributed by atoms with van der Waals surface area (Å²) in [4.78, 5) is 0. The first-order chi connectivity index (χ1) is 43.6. The van der Waals surface area contributed by atoms with Crippen molar-refractivity contribution in [3.63, 3.8) is 0 Å². The highest BCUT2D eigenvalue weighted by Crippen LogP contribution is 2.43. The molecule has 0 saturated heterocycles. The lowest BCUT2D eigenvalue weighted by Crippen LogP contribution is -2.74. The quantitative estimate of drug-likeness (QED) is 0.0902. The fourth-order valence-electron chi connectivity index (χ4n) is 14.2. The van der Waals surface area contributed by atoms with E-state index in [4.69, 9.17) is 0 Å². The molecular formula is C84H56N2SSi. The zero-order valence-corrected chi connectivity index (χ0v) is 50.0. The number of fused-ring (bicyclic) bond motifs is 9. The molecule has 2 nitrogen and oxygen atoms in total. The largest absolute Gasteiger partial charge is 0.309 e. The molecule has 17 rings (SSSR count). The first kappa shape index (κ1) is 51.5. The summed E-state index contributed by atoms with van der Waals surface area (Å²) in [5.41, 5.74) is 19.2. The molecule has 0 fully saturated rings. The number of thiophene rings is 1. The highest BCUT2D eigenvalue weighted by atomic mass is 32.1. The molecule has 0 atom stereocenters. The van der Waals surface area contributed by atoms with Crippen LogP contribution in [0.3, 0.4) is 0 Å². The number of aromatic nitrogens is 2. The van der Waals surface area contributed by atoms with Gasteiger partial charge in [-0.3, -0.25) is 0 Å². The number of benzene rings is 14. The Morgan fingerprint density at radius 3 is 1.05 bits per heavy atom. The van der Waals surface area contributed by atoms with Gasteiger partial charge in [-0.1, -0.05) is 291 Å². The van der Waals surface area contributed by atoms with Crippen LogP contribution < -0.4 is 20.7 Å². The second-order valence-electron chi connectivity index (χ2n) is 23.1. The van der Waals surface area contributed by atoms with Gasteiger partial charge < -0.3 is 9.13 Å². The SMILES string of the molecule is c1ccc(-c2ccc(-c3ccc(-c4ccc(-c5ccc(-c6ccc([Si](c7ccccc7)(c7ccccc7)c7ccc(-n8c9ccccc9c9cc(-n%10c%11ccccc%11c%11ccccc%11%10)ccc98)c8c7sc7ccccc78)cc6)cc5)cc4)cc3)cc2)cc1. The van der Waals surface area contributed by atoms with Crippen molar-refractivity contribution in [1.82, 2.24) is 9.13 Å². The van der Waals surface area contributed by atoms with Gasteiger partial charge in [0, 0.05) is 47.4 Å². The second kappa shape index (κ2) is 21.3. The van der Waals surface area contributed by atoms with Crippen LogP contribution in [-0.4, -0.2) is 17.2 Å². The van der Waals surface area contributed by atoms with Crippen molar-refractivity contribution < 1.29 is 0 Å². The van der Waals surface area contributed by atoms with Gasteiger partial charge in [-0.2, -0.15) is 0 Å². The molecule has 0 aliphatic rings. The third-order valence-electron chi connectivity index (χ3n) is 18.4. The Balaban J connectivity index is 0.741. The Labute approximate surface area is 516 Å². The lowest BCUT2D eigenvalue weighted by atomic mass is 9.96. The molecule has 0 amide bonds. The summed E-state index contributed by atoms with van der Waals surface area (Å²) >= 11 is 1.94. The standard InChI is InChI=1S/C84H56N2SSi/c1-4-18-57(19-5-1)58-32-34-59(35-33-58)60-36-38-61(39-37-60)62-40-42-63(43-41-62)64-44-46-65(47-45-64)66-48-51-70(52-49-66)88(68-20-6-2-7-21-68,69-22-8-3-9-23-69)82-55-54-80(83-74-27-13-17-31-81(74)87-84(82)83)86-78-30-16-12-26-73(78)75-56-67(50-53-79(75)86)85-76-28-14-10-24-71(76)72-25-11-15-29-77(72)85/h1-56H. The minimum Gasteiger partial charge on any atom is -0.309 e. The highest BCUT2D eigenvalue weighted by molar-refractivity contribution is 7.30. The maximum Gasteiger partial charge on any atom is 0.181 e. The van der Waals surface area contributed by atoms with Gasteiger partial charge in [-0.05, 0) is 125 Å². The van der Waals surface area contributed by atoms with E-state index in [0.29, 0.717) is 0 Å². The Morgan fingerprint density at radius 2 is 0.580 bits per heavy atom. The third kappa shape index (κ3) is 8.44. The topological polar surface area (TPSA) is 9.86 Å². The first-order valence-electron chi connectivity index (χ1n) is 30.3. The van der Waals surface area contributed by atoms with Crippen LogP contribution in [0, 0.1) is 0 Å². The molecule has 0 saturated carbocycles. The highest BCUT2D eigenvalue weighted by Gasteiger charge is 2.43. The predicted molar refractivity (Wildman–Crippen MR) is 379 cm³/mol. The van der Waals surface area contributed by atoms with Gasteiger partial charge in [0.25, 0.3) is 0 Å². The molecule has 0 unspecified atom stereocenters. The molecule has 0 N–H and O–H groups in total. The van der Waals surface area contributed by atoms with Crippen LogP contribution in [0.25, 0.3) is 131 Å². The minimum absolute atomic E-state index is 1.15. The number of hydrogen-bond donors (Lipinski definition) is 0. The zero-order valence-electron chi connectivity index (χ0n) is 48.1. The van der Waals surface area contributed by atoms with E-state index in [-0.39, 0.29) is 0 Å². The second-order valence-corrected chi connectivity index (χ2v) is 27.9. The van der Waals surface area contributed by atoms with E-state index in [2.05, 4.69) is 349 Å². The average molecular weight is 1150 g/mol. The van der Waals surface area contributed by atoms with E-state index in [1.54, 1.807) is 0 Å². The van der Waals surface area contributed by atoms with E-state index in [0.717, 1.165) is 5.69 Å². The van der Waals surface area contributed by atoms with Crippen molar-refractivity contribution in [3.8, 4) is 67.0 Å². The molecule has 0 aliphatic heterocycles. The fraction of sp³-hybridized carbons (Fsp3) is 0. The van der Waals surface area contributed by atoms with E-state index in [9.17, 15) is 0 Å². The average Bonchev–Trinajstić information content (AvgIpc) is 1.65. The molecule has 0 radical (unpaired) electrons. The first-order valence-corrected chi connectivity index (χ1v) is 33.1. The van der Waals surface area contributed by atoms with Crippen LogP contribution in [0.1, 0.15) is 0 Å². The third-order valence-corrected chi connectivity index (χ3v) is 24.6. The molecule has 0 aliphatic carbocycles. The summed E-state index contributed by atoms with van der Waals surface area (Å²) in [5.74, 6) is 0. The van der Waals surface area contributed by atoms with Crippen LogP contribution in [0.15, 0.2) is 340 Å². The molecule has 0 spiro atoms. The van der Waals surface area contributed by atoms with Crippen molar-refractivity contribution in [1.29, 1.82) is 0 Å². The summed E-state index contributed by atoms with van der Waals surface area (Å²) in [6, 6.07) is 126. The summed E-state index contributed by atoms with van der Waals surface area (Å²) in [7, 11) is -3.06. The normalized spacial score (nSPS) is 11.9. The molecule has 4 heteroatoms. The van der Waals surface area contributed by atoms with Crippen molar-refractivity contribution in [2.45, 2.75) is 0 Å². The molecule has 17 aromatic rings. The molecule has 14 aromatic carbocycles. The van der Waals surface area contributed by atoms with Gasteiger partial charge in [-0.25, -0.2) is 0 Å². The maximum absolute atomic E-state index is 3.06. The summed E-state index contributed by atoms with van der Waals surface area (Å²) in [5, 5.41) is 13.0. The number of rotatable bonds is 11. The summed E-state index contributed by atoms with van der Waals surface area (Å²) in [6.45, 7) is 0. The van der Waals surface area contributed by atoms with Crippen LogP contribution in [0.5, 0.6) is 0 Å². The van der Waals surface area contributed by atoms with E-state index < -0.39 is 8.07 Å². The van der Waals surface area contributed by atoms with Gasteiger partial charge in [-0.15, -0.1) is 11.3 Å². The van der Waals surface area contributed by atoms with Gasteiger partial charge in [0.15, 0.2) is 8.07 Å². The minimum atomic E-state index is -3.06. The molecule has 0 bridgehead atoms. The predicted octanol–water partition coefficient (Wildman–Crippen LogP) is 20.0. The molecule has 412 valence electrons. The molecule has 88 heavy (non-hydrogen) atoms. The van der Waals surface area contributed by atoms with E-state index >= 15 is 0 Å². The van der Waals surface area contributed by atoms with Crippen molar-refractivity contribution in [2.75, 3.05) is 0 Å². The van der Waals surface area contributed by atoms with Crippen molar-refractivity contribution in [2.24, 2.45) is 0 Å². The maximum atomic E-state index is 2.54. The molecule has 3 heterocycles. The Bertz CT molecular complexity index is 5340. The Morgan fingerprint density at radius 1 is 0.239 bits per heavy atom. The Kier molecular flexibility index (Phi) is 12.5.